The first kappa shape index (κ1) is 19.2. The Labute approximate surface area is 165 Å². The van der Waals surface area contributed by atoms with Crippen molar-refractivity contribution in [3.05, 3.63) is 58.9 Å². The molecule has 1 fully saturated rings. The van der Waals surface area contributed by atoms with Crippen molar-refractivity contribution in [3.63, 3.8) is 0 Å². The van der Waals surface area contributed by atoms with Gasteiger partial charge in [0.25, 0.3) is 0 Å². The highest BCUT2D eigenvalue weighted by Gasteiger charge is 2.56. The van der Waals surface area contributed by atoms with Gasteiger partial charge in [-0.1, -0.05) is 23.7 Å². The zero-order valence-corrected chi connectivity index (χ0v) is 15.9. The van der Waals surface area contributed by atoms with Crippen molar-refractivity contribution >= 4 is 22.6 Å². The molecule has 3 heterocycles. The standard InChI is InChI=1S/C19H19ClFN3O4/c1-9-10-6-7-24(17(10)23-8-22-9)18-15(26)19(2,27)16(28-18)14(25)11-4-3-5-12(20)13(11)21/h3-8,14-16,18,25-27H,1-2H3/t14-,15+,16-,18-,19+/m1/s1. The summed E-state index contributed by atoms with van der Waals surface area (Å²) < 4.78 is 21.8. The van der Waals surface area contributed by atoms with Crippen molar-refractivity contribution in [2.24, 2.45) is 0 Å². The van der Waals surface area contributed by atoms with Crippen LogP contribution in [-0.2, 0) is 4.74 Å². The molecule has 4 rings (SSSR count). The van der Waals surface area contributed by atoms with Crippen LogP contribution in [0.3, 0.4) is 0 Å². The molecule has 0 radical (unpaired) electrons. The van der Waals surface area contributed by atoms with E-state index >= 15 is 0 Å². The topological polar surface area (TPSA) is 101 Å². The van der Waals surface area contributed by atoms with Crippen molar-refractivity contribution < 1.29 is 24.4 Å². The number of ether oxygens (including phenoxy) is 1. The lowest BCUT2D eigenvalue weighted by atomic mass is 9.88. The van der Waals surface area contributed by atoms with E-state index in [1.54, 1.807) is 16.8 Å². The maximum absolute atomic E-state index is 14.4. The third-order valence-corrected chi connectivity index (χ3v) is 5.59. The number of fused-ring (bicyclic) bond motifs is 1. The van der Waals surface area contributed by atoms with Crippen LogP contribution in [0, 0.1) is 12.7 Å². The highest BCUT2D eigenvalue weighted by atomic mass is 35.5. The molecule has 7 nitrogen and oxygen atoms in total. The summed E-state index contributed by atoms with van der Waals surface area (Å²) >= 11 is 5.80. The van der Waals surface area contributed by atoms with Gasteiger partial charge in [-0.25, -0.2) is 14.4 Å². The average molecular weight is 408 g/mol. The second-order valence-electron chi connectivity index (χ2n) is 7.13. The molecule has 28 heavy (non-hydrogen) atoms. The van der Waals surface area contributed by atoms with Crippen LogP contribution in [0.4, 0.5) is 4.39 Å². The molecule has 1 saturated heterocycles. The molecule has 0 aliphatic carbocycles. The van der Waals surface area contributed by atoms with E-state index in [-0.39, 0.29) is 10.6 Å². The van der Waals surface area contributed by atoms with Crippen LogP contribution < -0.4 is 0 Å². The largest absolute Gasteiger partial charge is 0.385 e. The summed E-state index contributed by atoms with van der Waals surface area (Å²) in [5.41, 5.74) is -0.726. The number of hydrogen-bond acceptors (Lipinski definition) is 6. The minimum Gasteiger partial charge on any atom is -0.385 e. The SMILES string of the molecule is Cc1ncnc2c1ccn2[C@@H]1O[C@H]([C@H](O)c2cccc(Cl)c2F)[C@@](C)(O)[C@H]1O. The first-order valence-electron chi connectivity index (χ1n) is 8.69. The summed E-state index contributed by atoms with van der Waals surface area (Å²) in [5, 5.41) is 32.9. The third kappa shape index (κ3) is 2.80. The monoisotopic (exact) mass is 407 g/mol. The zero-order chi connectivity index (χ0) is 20.2. The van der Waals surface area contributed by atoms with Gasteiger partial charge >= 0.3 is 0 Å². The molecule has 9 heteroatoms. The van der Waals surface area contributed by atoms with Gasteiger partial charge in [-0.05, 0) is 26.0 Å². The van der Waals surface area contributed by atoms with E-state index in [0.29, 0.717) is 5.65 Å². The van der Waals surface area contributed by atoms with Crippen LogP contribution in [0.25, 0.3) is 11.0 Å². The van der Waals surface area contributed by atoms with Gasteiger partial charge in [0.1, 0.15) is 41.7 Å². The Morgan fingerprint density at radius 1 is 1.32 bits per heavy atom. The van der Waals surface area contributed by atoms with Crippen LogP contribution >= 0.6 is 11.6 Å². The molecule has 3 N–H and O–H groups in total. The fourth-order valence-electron chi connectivity index (χ4n) is 3.65. The summed E-state index contributed by atoms with van der Waals surface area (Å²) in [5.74, 6) is -0.802. The number of benzene rings is 1. The van der Waals surface area contributed by atoms with E-state index < -0.39 is 36.0 Å². The summed E-state index contributed by atoms with van der Waals surface area (Å²) in [6.07, 6.45) is -2.25. The molecule has 0 saturated carbocycles. The number of rotatable bonds is 3. The van der Waals surface area contributed by atoms with Gasteiger partial charge in [-0.15, -0.1) is 0 Å². The maximum Gasteiger partial charge on any atom is 0.164 e. The van der Waals surface area contributed by atoms with Gasteiger partial charge in [-0.3, -0.25) is 0 Å². The van der Waals surface area contributed by atoms with Crippen molar-refractivity contribution in [1.29, 1.82) is 0 Å². The molecule has 1 aliphatic heterocycles. The molecular formula is C19H19ClFN3O4. The van der Waals surface area contributed by atoms with Gasteiger partial charge in [0, 0.05) is 17.1 Å². The third-order valence-electron chi connectivity index (χ3n) is 5.30. The molecule has 0 unspecified atom stereocenters. The van der Waals surface area contributed by atoms with Crippen LogP contribution in [0.2, 0.25) is 5.02 Å². The summed E-state index contributed by atoms with van der Waals surface area (Å²) in [6, 6.07) is 5.97. The second kappa shape index (κ2) is 6.75. The van der Waals surface area contributed by atoms with Gasteiger partial charge in [-0.2, -0.15) is 0 Å². The molecule has 1 aromatic carbocycles. The molecule has 148 valence electrons. The van der Waals surface area contributed by atoms with Crippen LogP contribution in [0.1, 0.15) is 30.5 Å². The van der Waals surface area contributed by atoms with E-state index in [0.717, 1.165) is 11.1 Å². The second-order valence-corrected chi connectivity index (χ2v) is 7.53. The van der Waals surface area contributed by atoms with Crippen LogP contribution in [0.15, 0.2) is 36.8 Å². The predicted octanol–water partition coefficient (Wildman–Crippen LogP) is 2.28. The van der Waals surface area contributed by atoms with Crippen molar-refractivity contribution in [3.8, 4) is 0 Å². The number of aromatic nitrogens is 3. The van der Waals surface area contributed by atoms with Crippen LogP contribution in [0.5, 0.6) is 0 Å². The molecule has 2 aromatic heterocycles. The van der Waals surface area contributed by atoms with Crippen molar-refractivity contribution in [1.82, 2.24) is 14.5 Å². The zero-order valence-electron chi connectivity index (χ0n) is 15.1. The van der Waals surface area contributed by atoms with Crippen LogP contribution in [-0.4, -0.2) is 47.7 Å². The molecule has 0 amide bonds. The van der Waals surface area contributed by atoms with Gasteiger partial charge < -0.3 is 24.6 Å². The van der Waals surface area contributed by atoms with Gasteiger partial charge in [0.2, 0.25) is 0 Å². The van der Waals surface area contributed by atoms with E-state index in [1.807, 2.05) is 6.92 Å². The number of nitrogens with zero attached hydrogens (tertiary/aromatic N) is 3. The lowest BCUT2D eigenvalue weighted by Crippen LogP contribution is -2.47. The van der Waals surface area contributed by atoms with Crippen molar-refractivity contribution in [2.75, 3.05) is 0 Å². The summed E-state index contributed by atoms with van der Waals surface area (Å²) in [4.78, 5) is 8.35. The lowest BCUT2D eigenvalue weighted by molar-refractivity contribution is -0.115. The van der Waals surface area contributed by atoms with Crippen molar-refractivity contribution in [2.45, 2.75) is 44.0 Å². The van der Waals surface area contributed by atoms with Gasteiger partial charge in [0.05, 0.1) is 10.7 Å². The smallest absolute Gasteiger partial charge is 0.164 e. The van der Waals surface area contributed by atoms with E-state index in [9.17, 15) is 19.7 Å². The van der Waals surface area contributed by atoms with E-state index in [1.165, 1.54) is 31.5 Å². The first-order chi connectivity index (χ1) is 13.2. The van der Waals surface area contributed by atoms with E-state index in [4.69, 9.17) is 16.3 Å². The Bertz CT molecular complexity index is 1040. The molecule has 0 spiro atoms. The Balaban J connectivity index is 1.73. The predicted molar refractivity (Wildman–Crippen MR) is 99.2 cm³/mol. The Hall–Kier alpha value is -2.10. The minimum atomic E-state index is -1.86. The first-order valence-corrected chi connectivity index (χ1v) is 9.07. The number of hydrogen-bond donors (Lipinski definition) is 3. The summed E-state index contributed by atoms with van der Waals surface area (Å²) in [7, 11) is 0. The number of aliphatic hydroxyl groups is 3. The lowest BCUT2D eigenvalue weighted by Gasteiger charge is -2.30. The fraction of sp³-hybridized carbons (Fsp3) is 0.368. The molecule has 1 aliphatic rings. The highest BCUT2D eigenvalue weighted by molar-refractivity contribution is 6.30. The quantitative estimate of drug-likeness (QED) is 0.615. The highest BCUT2D eigenvalue weighted by Crippen LogP contribution is 2.44. The molecule has 3 aromatic rings. The number of aliphatic hydroxyl groups excluding tert-OH is 2. The molecule has 0 bridgehead atoms. The molecule has 5 atom stereocenters. The normalized spacial score (nSPS) is 28.8. The number of aryl methyl sites for hydroxylation is 1. The fourth-order valence-corrected chi connectivity index (χ4v) is 3.83. The average Bonchev–Trinajstić information content (AvgIpc) is 3.18. The Morgan fingerprint density at radius 3 is 2.82 bits per heavy atom. The number of halogens is 2. The Kier molecular flexibility index (Phi) is 4.64. The van der Waals surface area contributed by atoms with Gasteiger partial charge in [0.15, 0.2) is 6.23 Å². The maximum atomic E-state index is 14.4. The molecular weight excluding hydrogens is 389 g/mol. The minimum absolute atomic E-state index is 0.124. The van der Waals surface area contributed by atoms with E-state index in [2.05, 4.69) is 9.97 Å². The summed E-state index contributed by atoms with van der Waals surface area (Å²) in [6.45, 7) is 3.16. The Morgan fingerprint density at radius 2 is 2.07 bits per heavy atom.